The summed E-state index contributed by atoms with van der Waals surface area (Å²) in [6.07, 6.45) is 1.94. The molecule has 0 amide bonds. The molecule has 27 heavy (non-hydrogen) atoms. The second kappa shape index (κ2) is 11.4. The summed E-state index contributed by atoms with van der Waals surface area (Å²) in [5, 5.41) is 0. The van der Waals surface area contributed by atoms with Crippen LogP contribution in [-0.4, -0.2) is 18.1 Å². The van der Waals surface area contributed by atoms with E-state index in [1.807, 2.05) is 0 Å². The topological polar surface area (TPSA) is 52.6 Å². The van der Waals surface area contributed by atoms with Crippen molar-refractivity contribution in [2.45, 2.75) is 65.0 Å². The lowest BCUT2D eigenvalue weighted by atomic mass is 10.1. The molecule has 4 nitrogen and oxygen atoms in total. The van der Waals surface area contributed by atoms with E-state index in [-0.39, 0.29) is 17.7 Å². The van der Waals surface area contributed by atoms with Gasteiger partial charge in [0.15, 0.2) is 0 Å². The number of halogens is 3. The molecule has 0 saturated carbocycles. The summed E-state index contributed by atoms with van der Waals surface area (Å²) in [7, 11) is 0. The van der Waals surface area contributed by atoms with Gasteiger partial charge in [-0.1, -0.05) is 51.2 Å². The summed E-state index contributed by atoms with van der Waals surface area (Å²) in [5.41, 5.74) is -0.248. The maximum atomic E-state index is 13.2. The SMILES string of the molecule is CCCCCCCC/C=C(/OC(=O)c1ccccc1OC(C)=O)C(F)(F)F. The molecule has 0 bridgehead atoms. The van der Waals surface area contributed by atoms with Crippen LogP contribution in [0.15, 0.2) is 36.1 Å². The number of hydrogen-bond donors (Lipinski definition) is 0. The van der Waals surface area contributed by atoms with Crippen molar-refractivity contribution < 1.29 is 32.2 Å². The van der Waals surface area contributed by atoms with Crippen LogP contribution in [0.5, 0.6) is 5.75 Å². The Hall–Kier alpha value is -2.31. The summed E-state index contributed by atoms with van der Waals surface area (Å²) in [4.78, 5) is 23.2. The minimum atomic E-state index is -4.78. The molecule has 7 heteroatoms. The first kappa shape index (κ1) is 22.7. The van der Waals surface area contributed by atoms with Crippen LogP contribution in [0.3, 0.4) is 0 Å². The monoisotopic (exact) mass is 386 g/mol. The van der Waals surface area contributed by atoms with Gasteiger partial charge in [0.05, 0.1) is 0 Å². The normalized spacial score (nSPS) is 12.0. The second-order valence-corrected chi connectivity index (χ2v) is 6.10. The lowest BCUT2D eigenvalue weighted by Gasteiger charge is -2.13. The van der Waals surface area contributed by atoms with Crippen molar-refractivity contribution in [2.24, 2.45) is 0 Å². The number of benzene rings is 1. The largest absolute Gasteiger partial charge is 0.449 e. The van der Waals surface area contributed by atoms with E-state index in [2.05, 4.69) is 11.7 Å². The Labute approximate surface area is 157 Å². The van der Waals surface area contributed by atoms with E-state index >= 15 is 0 Å². The van der Waals surface area contributed by atoms with Gasteiger partial charge in [-0.25, -0.2) is 4.79 Å². The van der Waals surface area contributed by atoms with Gasteiger partial charge in [0.25, 0.3) is 0 Å². The Morgan fingerprint density at radius 2 is 1.67 bits per heavy atom. The maximum Gasteiger partial charge on any atom is 0.449 e. The Morgan fingerprint density at radius 1 is 1.04 bits per heavy atom. The molecule has 1 aromatic rings. The van der Waals surface area contributed by atoms with Crippen LogP contribution < -0.4 is 4.74 Å². The lowest BCUT2D eigenvalue weighted by molar-refractivity contribution is -0.132. The quantitative estimate of drug-likeness (QED) is 0.215. The van der Waals surface area contributed by atoms with Crippen molar-refractivity contribution in [1.82, 2.24) is 0 Å². The molecular weight excluding hydrogens is 361 g/mol. The molecule has 0 atom stereocenters. The molecule has 0 aromatic heterocycles. The van der Waals surface area contributed by atoms with Gasteiger partial charge in [-0.05, 0) is 31.1 Å². The third-order valence-corrected chi connectivity index (χ3v) is 3.73. The van der Waals surface area contributed by atoms with E-state index in [0.717, 1.165) is 45.1 Å². The summed E-state index contributed by atoms with van der Waals surface area (Å²) < 4.78 is 48.9. The molecule has 0 N–H and O–H groups in total. The van der Waals surface area contributed by atoms with Gasteiger partial charge in [0.2, 0.25) is 5.76 Å². The Bertz CT molecular complexity index is 651. The van der Waals surface area contributed by atoms with Gasteiger partial charge in [-0.15, -0.1) is 0 Å². The van der Waals surface area contributed by atoms with E-state index in [1.165, 1.54) is 24.3 Å². The predicted octanol–water partition coefficient (Wildman–Crippen LogP) is 5.97. The molecule has 0 unspecified atom stereocenters. The number of esters is 2. The molecule has 0 fully saturated rings. The summed E-state index contributed by atoms with van der Waals surface area (Å²) in [5.74, 6) is -3.41. The third-order valence-electron chi connectivity index (χ3n) is 3.73. The number of para-hydroxylation sites is 1. The zero-order valence-electron chi connectivity index (χ0n) is 15.6. The molecule has 0 aliphatic carbocycles. The van der Waals surface area contributed by atoms with Gasteiger partial charge in [0.1, 0.15) is 11.3 Å². The minimum Gasteiger partial charge on any atom is -0.426 e. The third kappa shape index (κ3) is 8.75. The van der Waals surface area contributed by atoms with Crippen molar-refractivity contribution in [3.05, 3.63) is 41.7 Å². The number of allylic oxidation sites excluding steroid dienone is 2. The Kier molecular flexibility index (Phi) is 9.61. The summed E-state index contributed by atoms with van der Waals surface area (Å²) in [6, 6.07) is 5.48. The molecule has 1 aromatic carbocycles. The number of ether oxygens (including phenoxy) is 2. The highest BCUT2D eigenvalue weighted by atomic mass is 19.4. The van der Waals surface area contributed by atoms with Gasteiger partial charge in [-0.3, -0.25) is 4.79 Å². The van der Waals surface area contributed by atoms with Crippen molar-refractivity contribution >= 4 is 11.9 Å². The molecule has 0 spiro atoms. The van der Waals surface area contributed by atoms with Crippen molar-refractivity contribution in [3.63, 3.8) is 0 Å². The minimum absolute atomic E-state index is 0.146. The van der Waals surface area contributed by atoms with E-state index < -0.39 is 23.9 Å². The lowest BCUT2D eigenvalue weighted by Crippen LogP contribution is -2.19. The highest BCUT2D eigenvalue weighted by Crippen LogP contribution is 2.29. The van der Waals surface area contributed by atoms with Crippen LogP contribution in [-0.2, 0) is 9.53 Å². The fourth-order valence-electron chi connectivity index (χ4n) is 2.41. The maximum absolute atomic E-state index is 13.2. The molecule has 0 aliphatic rings. The second-order valence-electron chi connectivity index (χ2n) is 6.10. The molecular formula is C20H25F3O4. The number of hydrogen-bond acceptors (Lipinski definition) is 4. The average molecular weight is 386 g/mol. The summed E-state index contributed by atoms with van der Waals surface area (Å²) in [6.45, 7) is 3.22. The molecule has 0 heterocycles. The zero-order chi connectivity index (χ0) is 20.3. The fourth-order valence-corrected chi connectivity index (χ4v) is 2.41. The number of unbranched alkanes of at least 4 members (excludes halogenated alkanes) is 6. The number of carbonyl (C=O) groups is 2. The van der Waals surface area contributed by atoms with Crippen LogP contribution in [0.25, 0.3) is 0 Å². The van der Waals surface area contributed by atoms with E-state index in [0.29, 0.717) is 6.42 Å². The van der Waals surface area contributed by atoms with Crippen LogP contribution >= 0.6 is 0 Å². The van der Waals surface area contributed by atoms with Crippen molar-refractivity contribution in [2.75, 3.05) is 0 Å². The number of carbonyl (C=O) groups excluding carboxylic acids is 2. The molecule has 150 valence electrons. The highest BCUT2D eigenvalue weighted by Gasteiger charge is 2.37. The number of alkyl halides is 3. The van der Waals surface area contributed by atoms with E-state index in [9.17, 15) is 22.8 Å². The van der Waals surface area contributed by atoms with Crippen molar-refractivity contribution in [3.8, 4) is 5.75 Å². The fraction of sp³-hybridized carbons (Fsp3) is 0.500. The van der Waals surface area contributed by atoms with Crippen LogP contribution in [0, 0.1) is 0 Å². The van der Waals surface area contributed by atoms with E-state index in [1.54, 1.807) is 0 Å². The first-order valence-electron chi connectivity index (χ1n) is 9.02. The van der Waals surface area contributed by atoms with Crippen molar-refractivity contribution in [1.29, 1.82) is 0 Å². The predicted molar refractivity (Wildman–Crippen MR) is 95.3 cm³/mol. The van der Waals surface area contributed by atoms with Crippen LogP contribution in [0.2, 0.25) is 0 Å². The Morgan fingerprint density at radius 3 is 2.30 bits per heavy atom. The summed E-state index contributed by atoms with van der Waals surface area (Å²) >= 11 is 0. The average Bonchev–Trinajstić information content (AvgIpc) is 2.58. The first-order valence-corrected chi connectivity index (χ1v) is 9.02. The van der Waals surface area contributed by atoms with Crippen LogP contribution in [0.1, 0.15) is 69.2 Å². The first-order chi connectivity index (χ1) is 12.8. The van der Waals surface area contributed by atoms with Gasteiger partial charge < -0.3 is 9.47 Å². The van der Waals surface area contributed by atoms with Gasteiger partial charge in [0, 0.05) is 6.92 Å². The molecule has 0 saturated heterocycles. The number of rotatable bonds is 10. The highest BCUT2D eigenvalue weighted by molar-refractivity contribution is 5.94. The Balaban J connectivity index is 2.76. The standard InChI is InChI=1S/C20H25F3O4/c1-3-4-5-6-7-8-9-14-18(20(21,22)23)27-19(25)16-12-10-11-13-17(16)26-15(2)24/h10-14H,3-9H2,1-2H3/b18-14+. The molecule has 0 aliphatic heterocycles. The van der Waals surface area contributed by atoms with Gasteiger partial charge in [-0.2, -0.15) is 13.2 Å². The van der Waals surface area contributed by atoms with E-state index in [4.69, 9.17) is 4.74 Å². The molecule has 0 radical (unpaired) electrons. The smallest absolute Gasteiger partial charge is 0.426 e. The molecule has 1 rings (SSSR count). The zero-order valence-corrected chi connectivity index (χ0v) is 15.6. The van der Waals surface area contributed by atoms with Gasteiger partial charge >= 0.3 is 18.1 Å². The van der Waals surface area contributed by atoms with Crippen LogP contribution in [0.4, 0.5) is 13.2 Å².